The van der Waals surface area contributed by atoms with Gasteiger partial charge in [0.05, 0.1) is 12.2 Å². The monoisotopic (exact) mass is 184 g/mol. The molecule has 0 aromatic rings. The molecule has 2 N–H and O–H groups in total. The first-order valence-corrected chi connectivity index (χ1v) is 4.42. The summed E-state index contributed by atoms with van der Waals surface area (Å²) in [5.74, 6) is 0.000556. The van der Waals surface area contributed by atoms with E-state index in [0.717, 1.165) is 0 Å². The third kappa shape index (κ3) is 1.98. The van der Waals surface area contributed by atoms with E-state index in [0.29, 0.717) is 5.57 Å². The number of carbonyl (C=O) groups excluding carboxylic acids is 1. The number of rotatable bonds is 0. The molecule has 0 saturated heterocycles. The van der Waals surface area contributed by atoms with Crippen LogP contribution in [0.1, 0.15) is 27.2 Å². The molecule has 1 aliphatic rings. The third-order valence-corrected chi connectivity index (χ3v) is 2.60. The van der Waals surface area contributed by atoms with Crippen LogP contribution < -0.4 is 0 Å². The van der Waals surface area contributed by atoms with Crippen molar-refractivity contribution in [1.82, 2.24) is 0 Å². The van der Waals surface area contributed by atoms with Crippen LogP contribution in [-0.4, -0.2) is 28.2 Å². The summed E-state index contributed by atoms with van der Waals surface area (Å²) < 4.78 is 0. The van der Waals surface area contributed by atoms with Crippen LogP contribution in [-0.2, 0) is 4.79 Å². The lowest BCUT2D eigenvalue weighted by Gasteiger charge is -2.29. The number of aliphatic hydroxyl groups is 2. The Kier molecular flexibility index (Phi) is 2.59. The van der Waals surface area contributed by atoms with Gasteiger partial charge in [0.15, 0.2) is 5.78 Å². The Bertz CT molecular complexity index is 253. The van der Waals surface area contributed by atoms with E-state index in [1.807, 2.05) is 0 Å². The first kappa shape index (κ1) is 10.4. The van der Waals surface area contributed by atoms with Crippen LogP contribution in [0.25, 0.3) is 0 Å². The molecule has 3 nitrogen and oxygen atoms in total. The Hall–Kier alpha value is -0.670. The highest BCUT2D eigenvalue weighted by molar-refractivity contribution is 5.95. The summed E-state index contributed by atoms with van der Waals surface area (Å²) >= 11 is 0. The summed E-state index contributed by atoms with van der Waals surface area (Å²) in [4.78, 5) is 11.4. The molecule has 0 saturated carbocycles. The van der Waals surface area contributed by atoms with Crippen molar-refractivity contribution < 1.29 is 15.0 Å². The van der Waals surface area contributed by atoms with Crippen molar-refractivity contribution in [3.8, 4) is 0 Å². The number of carbonyl (C=O) groups is 1. The van der Waals surface area contributed by atoms with Gasteiger partial charge in [0.1, 0.15) is 0 Å². The van der Waals surface area contributed by atoms with Gasteiger partial charge in [-0.25, -0.2) is 0 Å². The minimum Gasteiger partial charge on any atom is -0.390 e. The molecule has 13 heavy (non-hydrogen) atoms. The molecule has 0 spiro atoms. The summed E-state index contributed by atoms with van der Waals surface area (Å²) in [5, 5.41) is 19.2. The molecular formula is C10H16O3. The summed E-state index contributed by atoms with van der Waals surface area (Å²) in [6.07, 6.45) is -0.0784. The second kappa shape index (κ2) is 3.24. The quantitative estimate of drug-likeness (QED) is 0.581. The molecule has 0 heterocycles. The SMILES string of the molecule is CC1=C[C@@H](O)[C@H](O)C(C)(C)CC1=O. The van der Waals surface area contributed by atoms with Crippen molar-refractivity contribution in [3.05, 3.63) is 11.6 Å². The summed E-state index contributed by atoms with van der Waals surface area (Å²) in [7, 11) is 0. The zero-order chi connectivity index (χ0) is 10.2. The molecule has 0 radical (unpaired) electrons. The van der Waals surface area contributed by atoms with E-state index < -0.39 is 17.6 Å². The lowest BCUT2D eigenvalue weighted by Crippen LogP contribution is -2.38. The molecule has 74 valence electrons. The Labute approximate surface area is 78.1 Å². The molecule has 1 aliphatic carbocycles. The Morgan fingerprint density at radius 1 is 1.46 bits per heavy atom. The first-order chi connectivity index (χ1) is 5.84. The van der Waals surface area contributed by atoms with Gasteiger partial charge in [-0.3, -0.25) is 4.79 Å². The van der Waals surface area contributed by atoms with Gasteiger partial charge >= 0.3 is 0 Å². The Balaban J connectivity index is 3.00. The van der Waals surface area contributed by atoms with Crippen molar-refractivity contribution in [2.45, 2.75) is 39.4 Å². The molecule has 0 aromatic carbocycles. The molecule has 0 bridgehead atoms. The van der Waals surface area contributed by atoms with E-state index in [9.17, 15) is 15.0 Å². The van der Waals surface area contributed by atoms with Crippen LogP contribution in [0.5, 0.6) is 0 Å². The van der Waals surface area contributed by atoms with Crippen molar-refractivity contribution in [1.29, 1.82) is 0 Å². The highest BCUT2D eigenvalue weighted by Crippen LogP contribution is 2.32. The second-order valence-electron chi connectivity index (χ2n) is 4.37. The smallest absolute Gasteiger partial charge is 0.158 e. The van der Waals surface area contributed by atoms with Gasteiger partial charge in [0.2, 0.25) is 0 Å². The topological polar surface area (TPSA) is 57.5 Å². The zero-order valence-electron chi connectivity index (χ0n) is 8.24. The first-order valence-electron chi connectivity index (χ1n) is 4.42. The maximum absolute atomic E-state index is 11.4. The second-order valence-corrected chi connectivity index (χ2v) is 4.37. The minimum atomic E-state index is -0.929. The average molecular weight is 184 g/mol. The minimum absolute atomic E-state index is 0.000556. The van der Waals surface area contributed by atoms with Crippen LogP contribution in [0.3, 0.4) is 0 Å². The molecule has 2 atom stereocenters. The van der Waals surface area contributed by atoms with Gasteiger partial charge in [-0.05, 0) is 18.6 Å². The third-order valence-electron chi connectivity index (χ3n) is 2.60. The van der Waals surface area contributed by atoms with Crippen LogP contribution in [0.4, 0.5) is 0 Å². The molecule has 0 unspecified atom stereocenters. The van der Waals surface area contributed by atoms with Crippen LogP contribution in [0.15, 0.2) is 11.6 Å². The standard InChI is InChI=1S/C10H16O3/c1-6-4-7(11)9(13)10(2,3)5-8(6)12/h4,7,9,11,13H,5H2,1-3H3/t7-,9+/m1/s1. The van der Waals surface area contributed by atoms with E-state index in [4.69, 9.17) is 0 Å². The van der Waals surface area contributed by atoms with Gasteiger partial charge in [-0.2, -0.15) is 0 Å². The number of Topliss-reactive ketones (excluding diaryl/α,β-unsaturated/α-hetero) is 1. The maximum atomic E-state index is 11.4. The normalized spacial score (nSPS) is 33.9. The largest absolute Gasteiger partial charge is 0.390 e. The lowest BCUT2D eigenvalue weighted by molar-refractivity contribution is -0.119. The number of hydrogen-bond donors (Lipinski definition) is 2. The van der Waals surface area contributed by atoms with E-state index in [1.165, 1.54) is 6.08 Å². The van der Waals surface area contributed by atoms with Gasteiger partial charge in [-0.1, -0.05) is 13.8 Å². The molecule has 0 aromatic heterocycles. The van der Waals surface area contributed by atoms with Crippen molar-refractivity contribution in [3.63, 3.8) is 0 Å². The van der Waals surface area contributed by atoms with Gasteiger partial charge in [0, 0.05) is 11.8 Å². The van der Waals surface area contributed by atoms with Crippen LogP contribution >= 0.6 is 0 Å². The summed E-state index contributed by atoms with van der Waals surface area (Å²) in [5.41, 5.74) is -0.0118. The Morgan fingerprint density at radius 3 is 2.54 bits per heavy atom. The van der Waals surface area contributed by atoms with E-state index in [2.05, 4.69) is 0 Å². The molecule has 3 heteroatoms. The van der Waals surface area contributed by atoms with E-state index >= 15 is 0 Å². The molecule has 0 amide bonds. The van der Waals surface area contributed by atoms with Crippen molar-refractivity contribution in [2.75, 3.05) is 0 Å². The number of allylic oxidation sites excluding steroid dienone is 1. The predicted molar refractivity (Wildman–Crippen MR) is 49.2 cm³/mol. The number of hydrogen-bond acceptors (Lipinski definition) is 3. The summed E-state index contributed by atoms with van der Waals surface area (Å²) in [6, 6.07) is 0. The lowest BCUT2D eigenvalue weighted by atomic mass is 9.81. The maximum Gasteiger partial charge on any atom is 0.158 e. The molecular weight excluding hydrogens is 168 g/mol. The van der Waals surface area contributed by atoms with Crippen LogP contribution in [0, 0.1) is 5.41 Å². The zero-order valence-corrected chi connectivity index (χ0v) is 8.24. The predicted octanol–water partition coefficient (Wildman–Crippen LogP) is 0.654. The highest BCUT2D eigenvalue weighted by atomic mass is 16.3. The fraction of sp³-hybridized carbons (Fsp3) is 0.700. The fourth-order valence-electron chi connectivity index (χ4n) is 1.56. The number of aliphatic hydroxyl groups excluding tert-OH is 2. The van der Waals surface area contributed by atoms with Gasteiger partial charge in [0.25, 0.3) is 0 Å². The van der Waals surface area contributed by atoms with Gasteiger partial charge in [-0.15, -0.1) is 0 Å². The van der Waals surface area contributed by atoms with Crippen molar-refractivity contribution >= 4 is 5.78 Å². The average Bonchev–Trinajstić information content (AvgIpc) is 2.05. The fourth-order valence-corrected chi connectivity index (χ4v) is 1.56. The molecule has 0 aliphatic heterocycles. The van der Waals surface area contributed by atoms with E-state index in [-0.39, 0.29) is 12.2 Å². The highest BCUT2D eigenvalue weighted by Gasteiger charge is 2.37. The van der Waals surface area contributed by atoms with Crippen LogP contribution in [0.2, 0.25) is 0 Å². The Morgan fingerprint density at radius 2 is 2.00 bits per heavy atom. The number of ketones is 1. The molecule has 1 rings (SSSR count). The summed E-state index contributed by atoms with van der Waals surface area (Å²) in [6.45, 7) is 5.23. The van der Waals surface area contributed by atoms with Gasteiger partial charge < -0.3 is 10.2 Å². The van der Waals surface area contributed by atoms with Crippen molar-refractivity contribution in [2.24, 2.45) is 5.41 Å². The van der Waals surface area contributed by atoms with E-state index in [1.54, 1.807) is 20.8 Å². The molecule has 0 fully saturated rings.